The average molecular weight is 270 g/mol. The van der Waals surface area contributed by atoms with Gasteiger partial charge in [0.1, 0.15) is 0 Å². The van der Waals surface area contributed by atoms with Crippen molar-refractivity contribution in [3.8, 4) is 0 Å². The van der Waals surface area contributed by atoms with E-state index in [9.17, 15) is 8.42 Å². The second kappa shape index (κ2) is 5.27. The zero-order chi connectivity index (χ0) is 10.7. The van der Waals surface area contributed by atoms with Crippen LogP contribution in [0.3, 0.4) is 0 Å². The van der Waals surface area contributed by atoms with E-state index in [0.717, 1.165) is 24.3 Å². The number of hydrogen-bond donors (Lipinski definition) is 0. The molecule has 2 aliphatic heterocycles. The Morgan fingerprint density at radius 3 is 1.73 bits per heavy atom. The Labute approximate surface area is 98.4 Å². The van der Waals surface area contributed by atoms with Crippen LogP contribution in [-0.4, -0.2) is 42.7 Å². The Bertz CT molecular complexity index is 267. The Morgan fingerprint density at radius 1 is 0.933 bits per heavy atom. The monoisotopic (exact) mass is 270 g/mol. The predicted molar refractivity (Wildman–Crippen MR) is 62.5 cm³/mol. The topological polar surface area (TPSA) is 52.6 Å². The van der Waals surface area contributed by atoms with E-state index in [1.807, 2.05) is 0 Å². The fraction of sp³-hybridized carbons (Fsp3) is 1.00. The van der Waals surface area contributed by atoms with Gasteiger partial charge < -0.3 is 9.47 Å². The summed E-state index contributed by atoms with van der Waals surface area (Å²) in [5, 5.41) is 0. The lowest BCUT2D eigenvalue weighted by Crippen LogP contribution is -2.36. The number of hydrogen-bond acceptors (Lipinski definition) is 6. The molecule has 2 heterocycles. The molecule has 2 fully saturated rings. The van der Waals surface area contributed by atoms with E-state index < -0.39 is 19.4 Å². The third-order valence-electron chi connectivity index (χ3n) is 2.13. The molecule has 0 aromatic carbocycles. The van der Waals surface area contributed by atoms with E-state index in [4.69, 9.17) is 9.47 Å². The molecule has 2 aliphatic rings. The van der Waals surface area contributed by atoms with Crippen LogP contribution >= 0.6 is 23.5 Å². The van der Waals surface area contributed by atoms with Crippen molar-refractivity contribution in [2.75, 3.05) is 24.7 Å². The molecule has 0 saturated carbocycles. The highest BCUT2D eigenvalue weighted by Crippen LogP contribution is 2.33. The minimum atomic E-state index is -3.30. The van der Waals surface area contributed by atoms with Crippen molar-refractivity contribution >= 4 is 33.4 Å². The van der Waals surface area contributed by atoms with Gasteiger partial charge >= 0.3 is 0 Å². The molecule has 2 atom stereocenters. The van der Waals surface area contributed by atoms with Crippen LogP contribution in [0.4, 0.5) is 0 Å². The summed E-state index contributed by atoms with van der Waals surface area (Å²) < 4.78 is 33.2. The smallest absolute Gasteiger partial charge is 0.223 e. The molecule has 88 valence electrons. The van der Waals surface area contributed by atoms with Gasteiger partial charge in [0.2, 0.25) is 19.4 Å². The molecule has 15 heavy (non-hydrogen) atoms. The molecule has 0 spiro atoms. The summed E-state index contributed by atoms with van der Waals surface area (Å²) in [4.78, 5) is 0. The highest BCUT2D eigenvalue weighted by atomic mass is 32.3. The summed E-state index contributed by atoms with van der Waals surface area (Å²) >= 11 is 2.72. The fourth-order valence-electron chi connectivity index (χ4n) is 1.40. The van der Waals surface area contributed by atoms with Gasteiger partial charge in [-0.1, -0.05) is 0 Å². The van der Waals surface area contributed by atoms with Crippen LogP contribution in [0.25, 0.3) is 0 Å². The first-order chi connectivity index (χ1) is 7.21. The maximum Gasteiger partial charge on any atom is 0.223 e. The van der Waals surface area contributed by atoms with Crippen LogP contribution in [0.5, 0.6) is 0 Å². The molecule has 0 N–H and O–H groups in total. The second-order valence-corrected chi connectivity index (χ2v) is 8.33. The minimum Gasteiger partial charge on any atom is -0.353 e. The SMILES string of the molecule is O=S(=O)(C1OCCCS1)C1OCCCS1. The van der Waals surface area contributed by atoms with Crippen LogP contribution in [0, 0.1) is 0 Å². The first-order valence-corrected chi connectivity index (χ1v) is 8.61. The van der Waals surface area contributed by atoms with E-state index in [1.54, 1.807) is 0 Å². The van der Waals surface area contributed by atoms with Gasteiger partial charge in [0.15, 0.2) is 0 Å². The molecular formula is C8H14O4S3. The van der Waals surface area contributed by atoms with Crippen LogP contribution in [0.1, 0.15) is 12.8 Å². The van der Waals surface area contributed by atoms with Gasteiger partial charge in [-0.2, -0.15) is 0 Å². The summed E-state index contributed by atoms with van der Waals surface area (Å²) in [5.41, 5.74) is 0. The van der Waals surface area contributed by atoms with Crippen molar-refractivity contribution in [2.24, 2.45) is 0 Å². The van der Waals surface area contributed by atoms with Crippen LogP contribution in [0.15, 0.2) is 0 Å². The average Bonchev–Trinajstić information content (AvgIpc) is 2.31. The minimum absolute atomic E-state index is 0.536. The normalized spacial score (nSPS) is 33.9. The molecule has 0 aromatic rings. The molecule has 4 nitrogen and oxygen atoms in total. The van der Waals surface area contributed by atoms with Crippen molar-refractivity contribution in [3.63, 3.8) is 0 Å². The van der Waals surface area contributed by atoms with Crippen LogP contribution in [-0.2, 0) is 19.3 Å². The predicted octanol–water partition coefficient (Wildman–Crippen LogP) is 1.28. The third kappa shape index (κ3) is 2.82. The molecule has 0 amide bonds. The zero-order valence-electron chi connectivity index (χ0n) is 8.26. The first-order valence-electron chi connectivity index (χ1n) is 4.90. The van der Waals surface area contributed by atoms with Crippen LogP contribution in [0.2, 0.25) is 0 Å². The van der Waals surface area contributed by atoms with Gasteiger partial charge in [0.25, 0.3) is 0 Å². The van der Waals surface area contributed by atoms with E-state index in [1.165, 1.54) is 23.5 Å². The lowest BCUT2D eigenvalue weighted by Gasteiger charge is -2.28. The van der Waals surface area contributed by atoms with Crippen molar-refractivity contribution in [3.05, 3.63) is 0 Å². The van der Waals surface area contributed by atoms with Gasteiger partial charge in [0, 0.05) is 0 Å². The summed E-state index contributed by atoms with van der Waals surface area (Å²) in [7, 11) is -3.30. The molecule has 0 aromatic heterocycles. The summed E-state index contributed by atoms with van der Waals surface area (Å²) in [6.07, 6.45) is 1.85. The van der Waals surface area contributed by atoms with Crippen LogP contribution < -0.4 is 0 Å². The quantitative estimate of drug-likeness (QED) is 0.753. The molecule has 7 heteroatoms. The van der Waals surface area contributed by atoms with E-state index in [-0.39, 0.29) is 0 Å². The number of sulfone groups is 1. The lowest BCUT2D eigenvalue weighted by molar-refractivity contribution is 0.128. The standard InChI is InChI=1S/C8H14O4S3/c9-15(10,7-11-3-1-5-13-7)8-12-4-2-6-14-8/h7-8H,1-6H2. The Morgan fingerprint density at radius 2 is 1.40 bits per heavy atom. The largest absolute Gasteiger partial charge is 0.353 e. The zero-order valence-corrected chi connectivity index (χ0v) is 10.7. The van der Waals surface area contributed by atoms with Gasteiger partial charge in [-0.3, -0.25) is 0 Å². The first kappa shape index (κ1) is 12.0. The van der Waals surface area contributed by atoms with Crippen molar-refractivity contribution in [1.29, 1.82) is 0 Å². The molecule has 2 rings (SSSR count). The van der Waals surface area contributed by atoms with Crippen molar-refractivity contribution in [1.82, 2.24) is 0 Å². The van der Waals surface area contributed by atoms with Gasteiger partial charge in [-0.25, -0.2) is 8.42 Å². The fourth-order valence-corrected chi connectivity index (χ4v) is 6.41. The van der Waals surface area contributed by atoms with Crippen molar-refractivity contribution in [2.45, 2.75) is 22.4 Å². The lowest BCUT2D eigenvalue weighted by atomic mass is 10.5. The maximum atomic E-state index is 12.0. The summed E-state index contributed by atoms with van der Waals surface area (Å²) in [6, 6.07) is 0. The van der Waals surface area contributed by atoms with Gasteiger partial charge in [-0.05, 0) is 24.3 Å². The third-order valence-corrected chi connectivity index (χ3v) is 7.77. The van der Waals surface area contributed by atoms with Gasteiger partial charge in [-0.15, -0.1) is 23.5 Å². The van der Waals surface area contributed by atoms with E-state index >= 15 is 0 Å². The van der Waals surface area contributed by atoms with Crippen molar-refractivity contribution < 1.29 is 17.9 Å². The second-order valence-electron chi connectivity index (χ2n) is 3.36. The Kier molecular flexibility index (Phi) is 4.23. The Balaban J connectivity index is 2.03. The summed E-state index contributed by atoms with van der Waals surface area (Å²) in [5.74, 6) is 1.70. The number of ether oxygens (including phenoxy) is 2. The summed E-state index contributed by atoms with van der Waals surface area (Å²) in [6.45, 7) is 1.07. The molecule has 2 unspecified atom stereocenters. The molecular weight excluding hydrogens is 256 g/mol. The number of rotatable bonds is 2. The highest BCUT2D eigenvalue weighted by Gasteiger charge is 2.38. The molecule has 2 saturated heterocycles. The number of thioether (sulfide) groups is 2. The maximum absolute atomic E-state index is 12.0. The van der Waals surface area contributed by atoms with E-state index in [0.29, 0.717) is 13.2 Å². The Hall–Kier alpha value is 0.570. The molecule has 0 radical (unpaired) electrons. The highest BCUT2D eigenvalue weighted by molar-refractivity contribution is 8.20. The van der Waals surface area contributed by atoms with E-state index in [2.05, 4.69) is 0 Å². The molecule has 0 aliphatic carbocycles. The molecule has 0 bridgehead atoms. The van der Waals surface area contributed by atoms with Gasteiger partial charge in [0.05, 0.1) is 13.2 Å².